The summed E-state index contributed by atoms with van der Waals surface area (Å²) < 4.78 is 5.76. The molecule has 4 aromatic rings. The van der Waals surface area contributed by atoms with E-state index in [4.69, 9.17) is 10.5 Å². The molecular weight excluding hydrogens is 466 g/mol. The summed E-state index contributed by atoms with van der Waals surface area (Å²) in [7, 11) is 0. The SMILES string of the molecule is Cc1ccc(C(=O)Nc2cccc(CNC(=O)c3cccc(COc4ccccc4C(N)=O)c3)c2)cc1. The van der Waals surface area contributed by atoms with Crippen LogP contribution in [-0.4, -0.2) is 17.7 Å². The molecular formula is C30H27N3O4. The van der Waals surface area contributed by atoms with Gasteiger partial charge in [-0.3, -0.25) is 14.4 Å². The second kappa shape index (κ2) is 11.7. The Morgan fingerprint density at radius 2 is 1.49 bits per heavy atom. The summed E-state index contributed by atoms with van der Waals surface area (Å²) in [6.07, 6.45) is 0. The number of nitrogens with two attached hydrogens (primary N) is 1. The van der Waals surface area contributed by atoms with Crippen LogP contribution in [0.5, 0.6) is 5.75 Å². The van der Waals surface area contributed by atoms with Gasteiger partial charge in [0, 0.05) is 23.4 Å². The molecule has 4 aromatic carbocycles. The van der Waals surface area contributed by atoms with Gasteiger partial charge in [0.25, 0.3) is 17.7 Å². The quantitative estimate of drug-likeness (QED) is 0.309. The van der Waals surface area contributed by atoms with Crippen LogP contribution >= 0.6 is 0 Å². The first-order chi connectivity index (χ1) is 17.9. The van der Waals surface area contributed by atoms with Crippen molar-refractivity contribution in [2.45, 2.75) is 20.1 Å². The van der Waals surface area contributed by atoms with Crippen LogP contribution in [-0.2, 0) is 13.2 Å². The first kappa shape index (κ1) is 25.2. The number of amides is 3. The lowest BCUT2D eigenvalue weighted by Crippen LogP contribution is -2.23. The van der Waals surface area contributed by atoms with E-state index >= 15 is 0 Å². The Balaban J connectivity index is 1.34. The van der Waals surface area contributed by atoms with Crippen molar-refractivity contribution in [3.05, 3.63) is 130 Å². The molecule has 0 saturated carbocycles. The number of rotatable bonds is 9. The Kier molecular flexibility index (Phi) is 7.95. The van der Waals surface area contributed by atoms with Crippen LogP contribution in [0.3, 0.4) is 0 Å². The average molecular weight is 494 g/mol. The molecule has 0 heterocycles. The minimum absolute atomic E-state index is 0.175. The number of aryl methyl sites for hydroxylation is 1. The zero-order valence-electron chi connectivity index (χ0n) is 20.4. The van der Waals surface area contributed by atoms with Gasteiger partial charge in [0.15, 0.2) is 0 Å². The van der Waals surface area contributed by atoms with Crippen LogP contribution in [0.1, 0.15) is 47.8 Å². The Morgan fingerprint density at radius 3 is 2.27 bits per heavy atom. The van der Waals surface area contributed by atoms with Gasteiger partial charge in [-0.05, 0) is 66.6 Å². The number of ether oxygens (including phenoxy) is 1. The molecule has 0 unspecified atom stereocenters. The van der Waals surface area contributed by atoms with E-state index in [1.807, 2.05) is 43.3 Å². The highest BCUT2D eigenvalue weighted by Gasteiger charge is 2.11. The van der Waals surface area contributed by atoms with E-state index in [1.54, 1.807) is 60.7 Å². The lowest BCUT2D eigenvalue weighted by atomic mass is 10.1. The molecule has 7 nitrogen and oxygen atoms in total. The van der Waals surface area contributed by atoms with E-state index in [1.165, 1.54) is 0 Å². The van der Waals surface area contributed by atoms with Crippen molar-refractivity contribution in [2.24, 2.45) is 5.73 Å². The molecule has 0 aliphatic rings. The third kappa shape index (κ3) is 6.82. The van der Waals surface area contributed by atoms with Crippen molar-refractivity contribution in [2.75, 3.05) is 5.32 Å². The average Bonchev–Trinajstić information content (AvgIpc) is 2.91. The third-order valence-electron chi connectivity index (χ3n) is 5.69. The van der Waals surface area contributed by atoms with E-state index < -0.39 is 5.91 Å². The number of hydrogen-bond donors (Lipinski definition) is 3. The molecule has 0 saturated heterocycles. The maximum absolute atomic E-state index is 12.8. The fraction of sp³-hybridized carbons (Fsp3) is 0.100. The van der Waals surface area contributed by atoms with Crippen LogP contribution in [0, 0.1) is 6.92 Å². The summed E-state index contributed by atoms with van der Waals surface area (Å²) in [6, 6.07) is 28.5. The number of carbonyl (C=O) groups excluding carboxylic acids is 3. The number of primary amides is 1. The molecule has 0 bridgehead atoms. The summed E-state index contributed by atoms with van der Waals surface area (Å²) >= 11 is 0. The molecule has 4 N–H and O–H groups in total. The molecule has 0 aliphatic carbocycles. The van der Waals surface area contributed by atoms with Crippen molar-refractivity contribution in [1.29, 1.82) is 0 Å². The zero-order chi connectivity index (χ0) is 26.2. The van der Waals surface area contributed by atoms with Crippen molar-refractivity contribution >= 4 is 23.4 Å². The molecule has 0 aromatic heterocycles. The maximum atomic E-state index is 12.8. The van der Waals surface area contributed by atoms with Gasteiger partial charge in [-0.25, -0.2) is 0 Å². The number of para-hydroxylation sites is 1. The predicted molar refractivity (Wildman–Crippen MR) is 142 cm³/mol. The molecule has 186 valence electrons. The second-order valence-corrected chi connectivity index (χ2v) is 8.55. The zero-order valence-corrected chi connectivity index (χ0v) is 20.4. The molecule has 3 amide bonds. The molecule has 0 aliphatic heterocycles. The normalized spacial score (nSPS) is 10.4. The molecule has 0 radical (unpaired) electrons. The lowest BCUT2D eigenvalue weighted by molar-refractivity contribution is 0.0948. The van der Waals surface area contributed by atoms with E-state index in [9.17, 15) is 14.4 Å². The van der Waals surface area contributed by atoms with Gasteiger partial charge >= 0.3 is 0 Å². The van der Waals surface area contributed by atoms with Crippen LogP contribution in [0.15, 0.2) is 97.1 Å². The number of hydrogen-bond acceptors (Lipinski definition) is 4. The fourth-order valence-corrected chi connectivity index (χ4v) is 3.71. The van der Waals surface area contributed by atoms with Gasteiger partial charge in [-0.2, -0.15) is 0 Å². The van der Waals surface area contributed by atoms with Gasteiger partial charge in [-0.1, -0.05) is 54.1 Å². The predicted octanol–water partition coefficient (Wildman–Crippen LogP) is 4.86. The van der Waals surface area contributed by atoms with Crippen molar-refractivity contribution < 1.29 is 19.1 Å². The Hall–Kier alpha value is -4.91. The smallest absolute Gasteiger partial charge is 0.255 e. The van der Waals surface area contributed by atoms with Crippen LogP contribution < -0.4 is 21.1 Å². The maximum Gasteiger partial charge on any atom is 0.255 e. The third-order valence-corrected chi connectivity index (χ3v) is 5.69. The Labute approximate surface area is 215 Å². The first-order valence-corrected chi connectivity index (χ1v) is 11.7. The Morgan fingerprint density at radius 1 is 0.757 bits per heavy atom. The van der Waals surface area contributed by atoms with Gasteiger partial charge in [0.05, 0.1) is 5.56 Å². The summed E-state index contributed by atoms with van der Waals surface area (Å²) in [4.78, 5) is 36.9. The first-order valence-electron chi connectivity index (χ1n) is 11.7. The minimum Gasteiger partial charge on any atom is -0.488 e. The number of nitrogens with one attached hydrogen (secondary N) is 2. The van der Waals surface area contributed by atoms with E-state index in [0.29, 0.717) is 34.7 Å². The highest BCUT2D eigenvalue weighted by Crippen LogP contribution is 2.19. The molecule has 0 spiro atoms. The highest BCUT2D eigenvalue weighted by atomic mass is 16.5. The standard InChI is InChI=1S/C30H27N3O4/c1-20-12-14-23(15-13-20)30(36)33-25-9-5-6-21(17-25)18-32-29(35)24-8-4-7-22(16-24)19-37-27-11-3-2-10-26(27)28(31)34/h2-17H,18-19H2,1H3,(H2,31,34)(H,32,35)(H,33,36). The molecule has 0 fully saturated rings. The van der Waals surface area contributed by atoms with E-state index in [0.717, 1.165) is 16.7 Å². The number of benzene rings is 4. The van der Waals surface area contributed by atoms with Crippen LogP contribution in [0.25, 0.3) is 0 Å². The fourth-order valence-electron chi connectivity index (χ4n) is 3.71. The molecule has 7 heteroatoms. The van der Waals surface area contributed by atoms with E-state index in [2.05, 4.69) is 10.6 Å². The summed E-state index contributed by atoms with van der Waals surface area (Å²) in [5.41, 5.74) is 10.1. The van der Waals surface area contributed by atoms with Crippen molar-refractivity contribution in [3.63, 3.8) is 0 Å². The van der Waals surface area contributed by atoms with Crippen molar-refractivity contribution in [3.8, 4) is 5.75 Å². The largest absolute Gasteiger partial charge is 0.488 e. The van der Waals surface area contributed by atoms with Crippen molar-refractivity contribution in [1.82, 2.24) is 5.32 Å². The highest BCUT2D eigenvalue weighted by molar-refractivity contribution is 6.04. The van der Waals surface area contributed by atoms with Gasteiger partial charge in [-0.15, -0.1) is 0 Å². The number of anilines is 1. The monoisotopic (exact) mass is 493 g/mol. The van der Waals surface area contributed by atoms with Crippen LogP contribution in [0.4, 0.5) is 5.69 Å². The van der Waals surface area contributed by atoms with E-state index in [-0.39, 0.29) is 18.4 Å². The summed E-state index contributed by atoms with van der Waals surface area (Å²) in [6.45, 7) is 2.43. The second-order valence-electron chi connectivity index (χ2n) is 8.55. The summed E-state index contributed by atoms with van der Waals surface area (Å²) in [5.74, 6) is -0.617. The Bertz CT molecular complexity index is 1430. The number of carbonyl (C=O) groups is 3. The van der Waals surface area contributed by atoms with Crippen LogP contribution in [0.2, 0.25) is 0 Å². The van der Waals surface area contributed by atoms with Gasteiger partial charge in [0.1, 0.15) is 12.4 Å². The van der Waals surface area contributed by atoms with Gasteiger partial charge in [0.2, 0.25) is 0 Å². The molecule has 0 atom stereocenters. The minimum atomic E-state index is -0.567. The topological polar surface area (TPSA) is 111 Å². The lowest BCUT2D eigenvalue weighted by Gasteiger charge is -2.11. The molecule has 37 heavy (non-hydrogen) atoms. The van der Waals surface area contributed by atoms with Gasteiger partial charge < -0.3 is 21.1 Å². The summed E-state index contributed by atoms with van der Waals surface area (Å²) in [5, 5.41) is 5.79. The molecule has 4 rings (SSSR count).